The molecule has 0 spiro atoms. The Morgan fingerprint density at radius 3 is 2.41 bits per heavy atom. The van der Waals surface area contributed by atoms with Gasteiger partial charge < -0.3 is 15.1 Å². The molecule has 5 rings (SSSR count). The Morgan fingerprint density at radius 1 is 1.03 bits per heavy atom. The lowest BCUT2D eigenvalue weighted by Gasteiger charge is -2.55. The minimum Gasteiger partial charge on any atom is -0.380 e. The molecule has 4 aromatic rings. The lowest BCUT2D eigenvalue weighted by atomic mass is 9.62. The largest absolute Gasteiger partial charge is 0.380 e. The third-order valence-electron chi connectivity index (χ3n) is 7.66. The minimum absolute atomic E-state index is 0.394. The normalized spacial score (nSPS) is 18.5. The van der Waals surface area contributed by atoms with E-state index in [0.717, 1.165) is 29.6 Å². The van der Waals surface area contributed by atoms with E-state index in [2.05, 4.69) is 71.9 Å². The molecule has 2 aromatic carbocycles. The first kappa shape index (κ1) is 25.2. The number of nitrogens with zero attached hydrogens (tertiary/aromatic N) is 3. The summed E-state index contributed by atoms with van der Waals surface area (Å²) < 4.78 is 0. The number of nitrogens with one attached hydrogen (secondary N) is 1. The lowest BCUT2D eigenvalue weighted by Crippen LogP contribution is -2.63. The average Bonchev–Trinajstić information content (AvgIpc) is 3.32. The van der Waals surface area contributed by atoms with Gasteiger partial charge in [0.2, 0.25) is 0 Å². The molecule has 1 aliphatic heterocycles. The van der Waals surface area contributed by atoms with Crippen LogP contribution in [0.3, 0.4) is 0 Å². The Balaban J connectivity index is 1.54. The summed E-state index contributed by atoms with van der Waals surface area (Å²) in [5.74, 6) is 6.49. The maximum Gasteiger partial charge on any atom is 0.165 e. The first-order valence-electron chi connectivity index (χ1n) is 12.7. The summed E-state index contributed by atoms with van der Waals surface area (Å²) in [6.07, 6.45) is 3.39. The first-order valence-corrected chi connectivity index (χ1v) is 12.7. The Hall–Kier alpha value is -3.50. The number of aliphatic hydroxyl groups is 2. The van der Waals surface area contributed by atoms with Crippen molar-refractivity contribution in [2.24, 2.45) is 5.41 Å². The van der Waals surface area contributed by atoms with Crippen LogP contribution in [0.25, 0.3) is 10.9 Å². The van der Waals surface area contributed by atoms with Crippen molar-refractivity contribution in [2.75, 3.05) is 20.1 Å². The Labute approximate surface area is 218 Å². The van der Waals surface area contributed by atoms with Gasteiger partial charge in [0.15, 0.2) is 5.60 Å². The maximum atomic E-state index is 12.4. The zero-order chi connectivity index (χ0) is 26.4. The van der Waals surface area contributed by atoms with E-state index >= 15 is 0 Å². The second kappa shape index (κ2) is 9.11. The van der Waals surface area contributed by atoms with E-state index in [1.54, 1.807) is 19.3 Å². The second-order valence-corrected chi connectivity index (χ2v) is 11.1. The summed E-state index contributed by atoms with van der Waals surface area (Å²) in [5.41, 5.74) is 1.62. The molecule has 2 aromatic heterocycles. The molecule has 6 heteroatoms. The van der Waals surface area contributed by atoms with Gasteiger partial charge in [-0.15, -0.1) is 0 Å². The van der Waals surface area contributed by atoms with Crippen LogP contribution < -0.4 is 0 Å². The average molecular weight is 495 g/mol. The van der Waals surface area contributed by atoms with Crippen LogP contribution >= 0.6 is 0 Å². The van der Waals surface area contributed by atoms with Crippen LogP contribution in [0, 0.1) is 17.3 Å². The van der Waals surface area contributed by atoms with E-state index in [-0.39, 0.29) is 0 Å². The molecule has 0 bridgehead atoms. The van der Waals surface area contributed by atoms with Crippen LogP contribution in [0.2, 0.25) is 0 Å². The predicted molar refractivity (Wildman–Crippen MR) is 146 cm³/mol. The van der Waals surface area contributed by atoms with E-state index in [9.17, 15) is 10.2 Å². The molecular formula is C31H34N4O2. The number of hydrogen-bond donors (Lipinski definition) is 3. The van der Waals surface area contributed by atoms with Crippen LogP contribution in [-0.2, 0) is 11.2 Å². The van der Waals surface area contributed by atoms with Crippen LogP contribution in [0.4, 0.5) is 0 Å². The van der Waals surface area contributed by atoms with Crippen LogP contribution in [0.15, 0.2) is 67.0 Å². The number of fused-ring (bicyclic) bond motifs is 1. The number of para-hydroxylation sites is 1. The fourth-order valence-corrected chi connectivity index (χ4v) is 5.64. The number of rotatable bonds is 5. The van der Waals surface area contributed by atoms with Crippen molar-refractivity contribution in [1.82, 2.24) is 20.1 Å². The quantitative estimate of drug-likeness (QED) is 0.355. The smallest absolute Gasteiger partial charge is 0.165 e. The summed E-state index contributed by atoms with van der Waals surface area (Å²) in [5, 5.41) is 31.7. The fourth-order valence-electron chi connectivity index (χ4n) is 5.64. The Bertz CT molecular complexity index is 1490. The highest BCUT2D eigenvalue weighted by Gasteiger charge is 2.55. The molecule has 3 heterocycles. The van der Waals surface area contributed by atoms with Gasteiger partial charge in [-0.05, 0) is 43.1 Å². The number of likely N-dealkylation sites (tertiary alicyclic amines) is 1. The van der Waals surface area contributed by atoms with E-state index in [1.807, 2.05) is 42.5 Å². The van der Waals surface area contributed by atoms with Gasteiger partial charge >= 0.3 is 0 Å². The van der Waals surface area contributed by atoms with Crippen molar-refractivity contribution >= 4 is 10.9 Å². The summed E-state index contributed by atoms with van der Waals surface area (Å²) in [4.78, 5) is 6.65. The molecule has 0 aliphatic carbocycles. The second-order valence-electron chi connectivity index (χ2n) is 11.1. The number of aromatic nitrogens is 3. The van der Waals surface area contributed by atoms with Gasteiger partial charge in [-0.25, -0.2) is 0 Å². The molecule has 1 fully saturated rings. The van der Waals surface area contributed by atoms with Crippen LogP contribution in [-0.4, -0.2) is 50.4 Å². The zero-order valence-corrected chi connectivity index (χ0v) is 22.1. The molecule has 3 N–H and O–H groups in total. The summed E-state index contributed by atoms with van der Waals surface area (Å²) in [6, 6.07) is 17.8. The molecule has 1 saturated heterocycles. The van der Waals surface area contributed by atoms with Gasteiger partial charge in [0.1, 0.15) is 5.60 Å². The first-order chi connectivity index (χ1) is 17.5. The predicted octanol–water partition coefficient (Wildman–Crippen LogP) is 4.53. The molecule has 190 valence electrons. The molecular weight excluding hydrogens is 460 g/mol. The molecule has 0 saturated carbocycles. The molecule has 0 amide bonds. The zero-order valence-electron chi connectivity index (χ0n) is 22.1. The van der Waals surface area contributed by atoms with E-state index < -0.39 is 16.6 Å². The number of benzene rings is 2. The highest BCUT2D eigenvalue weighted by Crippen LogP contribution is 2.50. The number of aromatic amines is 1. The Kier molecular flexibility index (Phi) is 6.19. The maximum absolute atomic E-state index is 12.4. The fraction of sp³-hybridized carbons (Fsp3) is 0.355. The highest BCUT2D eigenvalue weighted by atomic mass is 16.3. The van der Waals surface area contributed by atoms with Crippen molar-refractivity contribution in [3.63, 3.8) is 0 Å². The van der Waals surface area contributed by atoms with Crippen molar-refractivity contribution in [1.29, 1.82) is 0 Å². The lowest BCUT2D eigenvalue weighted by molar-refractivity contribution is -0.127. The van der Waals surface area contributed by atoms with Gasteiger partial charge in [-0.3, -0.25) is 10.1 Å². The van der Waals surface area contributed by atoms with E-state index in [4.69, 9.17) is 0 Å². The summed E-state index contributed by atoms with van der Waals surface area (Å²) in [6.45, 7) is 9.61. The van der Waals surface area contributed by atoms with Crippen molar-refractivity contribution in [2.45, 2.75) is 44.8 Å². The number of hydrogen-bond acceptors (Lipinski definition) is 5. The van der Waals surface area contributed by atoms with Crippen LogP contribution in [0.5, 0.6) is 0 Å². The van der Waals surface area contributed by atoms with Gasteiger partial charge in [-0.1, -0.05) is 75.1 Å². The summed E-state index contributed by atoms with van der Waals surface area (Å²) >= 11 is 0. The molecule has 1 unspecified atom stereocenters. The van der Waals surface area contributed by atoms with Crippen molar-refractivity contribution < 1.29 is 10.2 Å². The van der Waals surface area contributed by atoms with E-state index in [1.165, 1.54) is 5.56 Å². The molecule has 0 radical (unpaired) electrons. The van der Waals surface area contributed by atoms with E-state index in [0.29, 0.717) is 22.7 Å². The van der Waals surface area contributed by atoms with Crippen molar-refractivity contribution in [3.8, 4) is 11.8 Å². The summed E-state index contributed by atoms with van der Waals surface area (Å²) in [7, 11) is 2.06. The molecule has 37 heavy (non-hydrogen) atoms. The number of H-pyrrole nitrogens is 1. The topological polar surface area (TPSA) is 85.3 Å². The Morgan fingerprint density at radius 2 is 1.73 bits per heavy atom. The van der Waals surface area contributed by atoms with Gasteiger partial charge in [-0.2, -0.15) is 5.10 Å². The molecule has 6 nitrogen and oxygen atoms in total. The molecule has 1 aliphatic rings. The van der Waals surface area contributed by atoms with Crippen molar-refractivity contribution in [3.05, 3.63) is 94.9 Å². The van der Waals surface area contributed by atoms with Gasteiger partial charge in [0.05, 0.1) is 11.2 Å². The minimum atomic E-state index is -1.45. The van der Waals surface area contributed by atoms with Crippen LogP contribution in [0.1, 0.15) is 61.6 Å². The third-order valence-corrected chi connectivity index (χ3v) is 7.66. The monoisotopic (exact) mass is 494 g/mol. The standard InChI is InChI=1S/C31H34N4O2/c1-21(2)23-10-12-24(13-11-23)31(37,29(3)19-35(5)20-29)25-16-22(17-32-18-25)14-15-30(4,36)28-26-8-6-7-9-27(26)33-34-28/h6-13,16-18,21,36-37H,19-20H2,1-5H3,(H,33,34)/t30?,31-/m0/s1. The molecule has 2 atom stereocenters. The SMILES string of the molecule is CC(C)c1ccc([C@](O)(c2cncc(C#CC(C)(O)c3[nH]nc4ccccc34)c2)C2(C)CN(C)C2)cc1. The van der Waals surface area contributed by atoms with Gasteiger partial charge in [0.25, 0.3) is 0 Å². The van der Waals surface area contributed by atoms with Gasteiger partial charge in [0, 0.05) is 47.4 Å². The highest BCUT2D eigenvalue weighted by molar-refractivity contribution is 5.82. The number of pyridine rings is 1. The third kappa shape index (κ3) is 4.34.